The van der Waals surface area contributed by atoms with Crippen LogP contribution in [0.2, 0.25) is 0 Å². The van der Waals surface area contributed by atoms with Crippen LogP contribution in [0.25, 0.3) is 5.69 Å². The number of hydrogen-bond acceptors (Lipinski definition) is 3. The standard InChI is InChI=1S/C10H9F2N3O/c11-8-1-6(13)2-9(12)10(8)15-3-7(4-16)14-5-15/h1-3,5,16H,4,13H2. The van der Waals surface area contributed by atoms with Gasteiger partial charge in [0.2, 0.25) is 0 Å². The van der Waals surface area contributed by atoms with Crippen LogP contribution in [0.4, 0.5) is 14.5 Å². The van der Waals surface area contributed by atoms with Crippen molar-refractivity contribution in [3.8, 4) is 5.69 Å². The number of aliphatic hydroxyl groups is 1. The van der Waals surface area contributed by atoms with Crippen molar-refractivity contribution in [1.82, 2.24) is 9.55 Å². The molecule has 0 unspecified atom stereocenters. The van der Waals surface area contributed by atoms with E-state index in [-0.39, 0.29) is 18.0 Å². The van der Waals surface area contributed by atoms with E-state index in [9.17, 15) is 8.78 Å². The summed E-state index contributed by atoms with van der Waals surface area (Å²) in [5.41, 5.74) is 5.37. The van der Waals surface area contributed by atoms with Crippen molar-refractivity contribution in [2.45, 2.75) is 6.61 Å². The van der Waals surface area contributed by atoms with Gasteiger partial charge in [-0.25, -0.2) is 13.8 Å². The molecule has 0 fully saturated rings. The molecule has 0 aliphatic carbocycles. The molecular weight excluding hydrogens is 216 g/mol. The molecule has 0 saturated heterocycles. The first-order valence-corrected chi connectivity index (χ1v) is 4.50. The summed E-state index contributed by atoms with van der Waals surface area (Å²) in [5.74, 6) is -1.56. The molecule has 0 aliphatic rings. The third-order valence-electron chi connectivity index (χ3n) is 2.10. The lowest BCUT2D eigenvalue weighted by molar-refractivity contribution is 0.277. The number of aromatic nitrogens is 2. The molecule has 1 aromatic heterocycles. The minimum Gasteiger partial charge on any atom is -0.399 e. The number of imidazole rings is 1. The molecule has 1 aromatic carbocycles. The van der Waals surface area contributed by atoms with Gasteiger partial charge in [0.15, 0.2) is 11.6 Å². The Balaban J connectivity index is 2.55. The number of nitrogens with two attached hydrogens (primary N) is 1. The predicted molar refractivity (Wildman–Crippen MR) is 53.8 cm³/mol. The van der Waals surface area contributed by atoms with Gasteiger partial charge in [-0.15, -0.1) is 0 Å². The summed E-state index contributed by atoms with van der Waals surface area (Å²) in [7, 11) is 0. The quantitative estimate of drug-likeness (QED) is 0.755. The lowest BCUT2D eigenvalue weighted by Gasteiger charge is -2.06. The predicted octanol–water partition coefficient (Wildman–Crippen LogP) is 1.22. The van der Waals surface area contributed by atoms with Crippen LogP contribution in [0.3, 0.4) is 0 Å². The zero-order chi connectivity index (χ0) is 11.7. The zero-order valence-corrected chi connectivity index (χ0v) is 8.19. The van der Waals surface area contributed by atoms with Gasteiger partial charge in [-0.1, -0.05) is 0 Å². The van der Waals surface area contributed by atoms with Crippen LogP contribution in [0.5, 0.6) is 0 Å². The van der Waals surface area contributed by atoms with Gasteiger partial charge in [-0.2, -0.15) is 0 Å². The van der Waals surface area contributed by atoms with Crippen molar-refractivity contribution >= 4 is 5.69 Å². The number of benzene rings is 1. The van der Waals surface area contributed by atoms with E-state index in [0.717, 1.165) is 16.7 Å². The van der Waals surface area contributed by atoms with Crippen LogP contribution in [0.1, 0.15) is 5.69 Å². The smallest absolute Gasteiger partial charge is 0.152 e. The Morgan fingerprint density at radius 1 is 1.31 bits per heavy atom. The summed E-state index contributed by atoms with van der Waals surface area (Å²) < 4.78 is 28.1. The van der Waals surface area contributed by atoms with E-state index in [1.165, 1.54) is 12.5 Å². The van der Waals surface area contributed by atoms with Crippen molar-refractivity contribution in [2.75, 3.05) is 5.73 Å². The van der Waals surface area contributed by atoms with E-state index in [1.54, 1.807) is 0 Å². The molecule has 0 bridgehead atoms. The van der Waals surface area contributed by atoms with Gasteiger partial charge in [0.1, 0.15) is 5.69 Å². The molecule has 4 nitrogen and oxygen atoms in total. The highest BCUT2D eigenvalue weighted by Gasteiger charge is 2.12. The topological polar surface area (TPSA) is 64.1 Å². The fourth-order valence-corrected chi connectivity index (χ4v) is 1.40. The summed E-state index contributed by atoms with van der Waals surface area (Å²) in [6.07, 6.45) is 2.57. The Bertz CT molecular complexity index is 502. The molecule has 0 aliphatic heterocycles. The Kier molecular flexibility index (Phi) is 2.57. The molecule has 2 aromatic rings. The van der Waals surface area contributed by atoms with Gasteiger partial charge >= 0.3 is 0 Å². The molecule has 84 valence electrons. The number of nitrogens with zero attached hydrogens (tertiary/aromatic N) is 2. The molecule has 0 saturated carbocycles. The van der Waals surface area contributed by atoms with Gasteiger partial charge in [-0.05, 0) is 12.1 Å². The summed E-state index contributed by atoms with van der Waals surface area (Å²) in [6.45, 7) is -0.286. The molecule has 6 heteroatoms. The summed E-state index contributed by atoms with van der Waals surface area (Å²) >= 11 is 0. The average Bonchev–Trinajstić information content (AvgIpc) is 2.64. The van der Waals surface area contributed by atoms with Crippen molar-refractivity contribution in [3.63, 3.8) is 0 Å². The van der Waals surface area contributed by atoms with Crippen LogP contribution in [0.15, 0.2) is 24.7 Å². The molecule has 0 amide bonds. The monoisotopic (exact) mass is 225 g/mol. The molecule has 0 spiro atoms. The maximum absolute atomic E-state index is 13.5. The first-order chi connectivity index (χ1) is 7.61. The van der Waals surface area contributed by atoms with E-state index in [0.29, 0.717) is 5.69 Å². The maximum Gasteiger partial charge on any atom is 0.152 e. The first kappa shape index (κ1) is 10.6. The molecule has 0 radical (unpaired) electrons. The SMILES string of the molecule is Nc1cc(F)c(-n2cnc(CO)c2)c(F)c1. The molecule has 1 heterocycles. The van der Waals surface area contributed by atoms with Gasteiger partial charge in [0, 0.05) is 11.9 Å². The minimum atomic E-state index is -0.778. The normalized spacial score (nSPS) is 10.7. The molecule has 2 rings (SSSR count). The number of hydrogen-bond donors (Lipinski definition) is 2. The number of aliphatic hydroxyl groups excluding tert-OH is 1. The Hall–Kier alpha value is -1.95. The Labute approximate surface area is 90.0 Å². The molecular formula is C10H9F2N3O. The van der Waals surface area contributed by atoms with Gasteiger partial charge < -0.3 is 15.4 Å². The molecule has 3 N–H and O–H groups in total. The van der Waals surface area contributed by atoms with E-state index < -0.39 is 11.6 Å². The Morgan fingerprint density at radius 2 is 1.94 bits per heavy atom. The summed E-state index contributed by atoms with van der Waals surface area (Å²) in [4.78, 5) is 3.76. The first-order valence-electron chi connectivity index (χ1n) is 4.50. The highest BCUT2D eigenvalue weighted by atomic mass is 19.1. The zero-order valence-electron chi connectivity index (χ0n) is 8.19. The van der Waals surface area contributed by atoms with Crippen molar-refractivity contribution in [1.29, 1.82) is 0 Å². The van der Waals surface area contributed by atoms with E-state index in [1.807, 2.05) is 0 Å². The van der Waals surface area contributed by atoms with Crippen LogP contribution in [-0.4, -0.2) is 14.7 Å². The average molecular weight is 225 g/mol. The lowest BCUT2D eigenvalue weighted by Crippen LogP contribution is -2.01. The van der Waals surface area contributed by atoms with Gasteiger partial charge in [0.05, 0.1) is 18.6 Å². The van der Waals surface area contributed by atoms with Crippen molar-refractivity contribution < 1.29 is 13.9 Å². The highest BCUT2D eigenvalue weighted by molar-refractivity contribution is 5.47. The molecule has 0 atom stereocenters. The van der Waals surface area contributed by atoms with Crippen molar-refractivity contribution in [3.05, 3.63) is 42.0 Å². The second-order valence-corrected chi connectivity index (χ2v) is 3.26. The number of rotatable bonds is 2. The fraction of sp³-hybridized carbons (Fsp3) is 0.100. The fourth-order valence-electron chi connectivity index (χ4n) is 1.40. The van der Waals surface area contributed by atoms with E-state index in [4.69, 9.17) is 10.8 Å². The van der Waals surface area contributed by atoms with Crippen LogP contribution in [0, 0.1) is 11.6 Å². The third-order valence-corrected chi connectivity index (χ3v) is 2.10. The van der Waals surface area contributed by atoms with Crippen molar-refractivity contribution in [2.24, 2.45) is 0 Å². The minimum absolute atomic E-state index is 0.0150. The van der Waals surface area contributed by atoms with Crippen LogP contribution in [-0.2, 0) is 6.61 Å². The number of nitrogen functional groups attached to an aromatic ring is 1. The second kappa shape index (κ2) is 3.90. The van der Waals surface area contributed by atoms with Gasteiger partial charge in [0.25, 0.3) is 0 Å². The number of anilines is 1. The van der Waals surface area contributed by atoms with Crippen LogP contribution < -0.4 is 5.73 Å². The Morgan fingerprint density at radius 3 is 2.44 bits per heavy atom. The second-order valence-electron chi connectivity index (χ2n) is 3.26. The third kappa shape index (κ3) is 1.74. The van der Waals surface area contributed by atoms with Gasteiger partial charge in [-0.3, -0.25) is 0 Å². The number of halogens is 2. The highest BCUT2D eigenvalue weighted by Crippen LogP contribution is 2.21. The largest absolute Gasteiger partial charge is 0.399 e. The van der Waals surface area contributed by atoms with E-state index in [2.05, 4.69) is 4.98 Å². The van der Waals surface area contributed by atoms with Crippen LogP contribution >= 0.6 is 0 Å². The summed E-state index contributed by atoms with van der Waals surface area (Å²) in [5, 5.41) is 8.80. The summed E-state index contributed by atoms with van der Waals surface area (Å²) in [6, 6.07) is 2.05. The lowest BCUT2D eigenvalue weighted by atomic mass is 10.2. The maximum atomic E-state index is 13.5. The molecule has 16 heavy (non-hydrogen) atoms. The van der Waals surface area contributed by atoms with E-state index >= 15 is 0 Å².